The van der Waals surface area contributed by atoms with E-state index in [0.29, 0.717) is 34.1 Å². The Morgan fingerprint density at radius 2 is 1.77 bits per heavy atom. The molecule has 0 aliphatic rings. The summed E-state index contributed by atoms with van der Waals surface area (Å²) in [6.07, 6.45) is 0. The second-order valence-electron chi connectivity index (χ2n) is 5.84. The minimum Gasteiger partial charge on any atom is -0.489 e. The summed E-state index contributed by atoms with van der Waals surface area (Å²) in [5, 5.41) is 1.24. The molecule has 1 N–H and O–H groups in total. The highest BCUT2D eigenvalue weighted by molar-refractivity contribution is 6.31. The van der Waals surface area contributed by atoms with E-state index < -0.39 is 0 Å². The summed E-state index contributed by atoms with van der Waals surface area (Å²) < 4.78 is 5.85. The molecule has 0 unspecified atom stereocenters. The summed E-state index contributed by atoms with van der Waals surface area (Å²) in [6, 6.07) is 22.3. The Labute approximate surface area is 155 Å². The van der Waals surface area contributed by atoms with Crippen LogP contribution in [-0.4, -0.2) is 9.97 Å². The molecule has 3 aromatic carbocycles. The minimum absolute atomic E-state index is 0.159. The number of rotatable bonds is 4. The van der Waals surface area contributed by atoms with Gasteiger partial charge >= 0.3 is 0 Å². The standard InChI is InChI=1S/C21H15ClN2O2/c22-18-10-3-1-6-15(18)13-26-16-8-5-7-14(12-16)20-23-19-11-4-2-9-17(19)21(25)24-20/h1-12H,13H2,(H,23,24,25). The van der Waals surface area contributed by atoms with Crippen LogP contribution < -0.4 is 10.3 Å². The molecule has 1 aromatic heterocycles. The van der Waals surface area contributed by atoms with Gasteiger partial charge in [-0.05, 0) is 30.3 Å². The molecule has 4 aromatic rings. The maximum Gasteiger partial charge on any atom is 0.259 e. The maximum absolute atomic E-state index is 12.3. The van der Waals surface area contributed by atoms with Crippen LogP contribution in [0, 0.1) is 0 Å². The average Bonchev–Trinajstić information content (AvgIpc) is 2.68. The van der Waals surface area contributed by atoms with E-state index in [1.54, 1.807) is 6.07 Å². The van der Waals surface area contributed by atoms with Crippen molar-refractivity contribution >= 4 is 22.5 Å². The number of aromatic amines is 1. The number of nitrogens with one attached hydrogen (secondary N) is 1. The molecular weight excluding hydrogens is 348 g/mol. The fourth-order valence-electron chi connectivity index (χ4n) is 2.73. The highest BCUT2D eigenvalue weighted by Gasteiger charge is 2.07. The summed E-state index contributed by atoms with van der Waals surface area (Å²) in [7, 11) is 0. The van der Waals surface area contributed by atoms with Crippen molar-refractivity contribution in [2.75, 3.05) is 0 Å². The van der Waals surface area contributed by atoms with Gasteiger partial charge in [-0.3, -0.25) is 4.79 Å². The molecule has 0 bridgehead atoms. The molecule has 4 nitrogen and oxygen atoms in total. The van der Waals surface area contributed by atoms with Gasteiger partial charge in [0.25, 0.3) is 5.56 Å². The summed E-state index contributed by atoms with van der Waals surface area (Å²) in [5.41, 5.74) is 2.20. The van der Waals surface area contributed by atoms with E-state index in [4.69, 9.17) is 16.3 Å². The van der Waals surface area contributed by atoms with Crippen LogP contribution in [0.25, 0.3) is 22.3 Å². The van der Waals surface area contributed by atoms with Crippen molar-refractivity contribution in [2.45, 2.75) is 6.61 Å². The lowest BCUT2D eigenvalue weighted by Gasteiger charge is -2.09. The average molecular weight is 363 g/mol. The number of hydrogen-bond acceptors (Lipinski definition) is 3. The van der Waals surface area contributed by atoms with Gasteiger partial charge in [0.2, 0.25) is 0 Å². The first-order chi connectivity index (χ1) is 12.7. The molecule has 128 valence electrons. The van der Waals surface area contributed by atoms with Crippen molar-refractivity contribution in [3.63, 3.8) is 0 Å². The van der Waals surface area contributed by atoms with Crippen molar-refractivity contribution in [3.05, 3.63) is 93.7 Å². The zero-order chi connectivity index (χ0) is 17.9. The Morgan fingerprint density at radius 3 is 2.65 bits per heavy atom. The first-order valence-electron chi connectivity index (χ1n) is 8.16. The van der Waals surface area contributed by atoms with Crippen LogP contribution in [0.2, 0.25) is 5.02 Å². The van der Waals surface area contributed by atoms with Crippen molar-refractivity contribution in [1.82, 2.24) is 9.97 Å². The Bertz CT molecular complexity index is 1140. The van der Waals surface area contributed by atoms with Gasteiger partial charge < -0.3 is 9.72 Å². The Kier molecular flexibility index (Phi) is 4.42. The molecule has 0 amide bonds. The highest BCUT2D eigenvalue weighted by atomic mass is 35.5. The summed E-state index contributed by atoms with van der Waals surface area (Å²) >= 11 is 6.16. The van der Waals surface area contributed by atoms with Crippen LogP contribution in [0.15, 0.2) is 77.6 Å². The Balaban J connectivity index is 1.64. The fourth-order valence-corrected chi connectivity index (χ4v) is 2.92. The predicted molar refractivity (Wildman–Crippen MR) is 104 cm³/mol. The topological polar surface area (TPSA) is 55.0 Å². The Hall–Kier alpha value is -3.11. The first-order valence-corrected chi connectivity index (χ1v) is 8.54. The molecule has 4 rings (SSSR count). The van der Waals surface area contributed by atoms with Crippen LogP contribution in [0.3, 0.4) is 0 Å². The van der Waals surface area contributed by atoms with Crippen molar-refractivity contribution in [2.24, 2.45) is 0 Å². The minimum atomic E-state index is -0.159. The van der Waals surface area contributed by atoms with Gasteiger partial charge in [0.15, 0.2) is 0 Å². The van der Waals surface area contributed by atoms with E-state index in [1.165, 1.54) is 0 Å². The summed E-state index contributed by atoms with van der Waals surface area (Å²) in [4.78, 5) is 19.6. The number of H-pyrrole nitrogens is 1. The molecule has 0 saturated carbocycles. The molecule has 0 aliphatic heterocycles. The van der Waals surface area contributed by atoms with Crippen molar-refractivity contribution in [3.8, 4) is 17.1 Å². The zero-order valence-electron chi connectivity index (χ0n) is 13.8. The van der Waals surface area contributed by atoms with E-state index in [2.05, 4.69) is 9.97 Å². The van der Waals surface area contributed by atoms with Crippen molar-refractivity contribution < 1.29 is 4.74 Å². The van der Waals surface area contributed by atoms with Gasteiger partial charge in [0.1, 0.15) is 18.2 Å². The van der Waals surface area contributed by atoms with Gasteiger partial charge in [0, 0.05) is 16.1 Å². The normalized spacial score (nSPS) is 10.8. The molecule has 0 spiro atoms. The van der Waals surface area contributed by atoms with Gasteiger partial charge in [-0.2, -0.15) is 0 Å². The third kappa shape index (κ3) is 3.32. The Morgan fingerprint density at radius 1 is 0.962 bits per heavy atom. The quantitative estimate of drug-likeness (QED) is 0.566. The smallest absolute Gasteiger partial charge is 0.259 e. The molecule has 0 atom stereocenters. The molecular formula is C21H15ClN2O2. The number of halogens is 1. The molecule has 1 heterocycles. The van der Waals surface area contributed by atoms with Gasteiger partial charge in [-0.1, -0.05) is 54.1 Å². The van der Waals surface area contributed by atoms with E-state index >= 15 is 0 Å². The van der Waals surface area contributed by atoms with Crippen molar-refractivity contribution in [1.29, 1.82) is 0 Å². The number of aromatic nitrogens is 2. The maximum atomic E-state index is 12.3. The lowest BCUT2D eigenvalue weighted by atomic mass is 10.2. The van der Waals surface area contributed by atoms with E-state index in [9.17, 15) is 4.79 Å². The lowest BCUT2D eigenvalue weighted by molar-refractivity contribution is 0.306. The van der Waals surface area contributed by atoms with E-state index in [0.717, 1.165) is 11.1 Å². The van der Waals surface area contributed by atoms with Gasteiger partial charge in [-0.15, -0.1) is 0 Å². The second-order valence-corrected chi connectivity index (χ2v) is 6.25. The SMILES string of the molecule is O=c1[nH]c(-c2cccc(OCc3ccccc3Cl)c2)nc2ccccc12. The van der Waals surface area contributed by atoms with E-state index in [-0.39, 0.29) is 5.56 Å². The molecule has 0 radical (unpaired) electrons. The monoisotopic (exact) mass is 362 g/mol. The largest absolute Gasteiger partial charge is 0.489 e. The van der Waals surface area contributed by atoms with Gasteiger partial charge in [-0.25, -0.2) is 4.98 Å². The number of hydrogen-bond donors (Lipinski definition) is 1. The fraction of sp³-hybridized carbons (Fsp3) is 0.0476. The third-order valence-corrected chi connectivity index (χ3v) is 4.44. The van der Waals surface area contributed by atoms with Gasteiger partial charge in [0.05, 0.1) is 10.9 Å². The van der Waals surface area contributed by atoms with Crippen LogP contribution in [-0.2, 0) is 6.61 Å². The number of nitrogens with zero attached hydrogens (tertiary/aromatic N) is 1. The zero-order valence-corrected chi connectivity index (χ0v) is 14.5. The van der Waals surface area contributed by atoms with E-state index in [1.807, 2.05) is 66.7 Å². The first kappa shape index (κ1) is 16.4. The van der Waals surface area contributed by atoms with Crippen LogP contribution in [0.5, 0.6) is 5.75 Å². The predicted octanol–water partition coefficient (Wildman–Crippen LogP) is 4.82. The summed E-state index contributed by atoms with van der Waals surface area (Å²) in [5.74, 6) is 1.19. The number of fused-ring (bicyclic) bond motifs is 1. The molecule has 26 heavy (non-hydrogen) atoms. The van der Waals surface area contributed by atoms with Crippen LogP contribution >= 0.6 is 11.6 Å². The van der Waals surface area contributed by atoms with Crippen LogP contribution in [0.4, 0.5) is 0 Å². The molecule has 0 fully saturated rings. The second kappa shape index (κ2) is 7.02. The third-order valence-electron chi connectivity index (χ3n) is 4.07. The molecule has 0 aliphatic carbocycles. The number of ether oxygens (including phenoxy) is 1. The molecule has 0 saturated heterocycles. The number of para-hydroxylation sites is 1. The molecule has 5 heteroatoms. The number of benzene rings is 3. The highest BCUT2D eigenvalue weighted by Crippen LogP contribution is 2.23. The van der Waals surface area contributed by atoms with Crippen LogP contribution in [0.1, 0.15) is 5.56 Å². The lowest BCUT2D eigenvalue weighted by Crippen LogP contribution is -2.09. The summed E-state index contributed by atoms with van der Waals surface area (Å²) in [6.45, 7) is 0.366.